The van der Waals surface area contributed by atoms with Crippen LogP contribution in [0.4, 0.5) is 0 Å². The van der Waals surface area contributed by atoms with Crippen LogP contribution >= 0.6 is 0 Å². The predicted molar refractivity (Wildman–Crippen MR) is 43.7 cm³/mol. The van der Waals surface area contributed by atoms with Gasteiger partial charge in [-0.1, -0.05) is 13.8 Å². The van der Waals surface area contributed by atoms with Crippen molar-refractivity contribution in [3.63, 3.8) is 0 Å². The molecule has 0 aromatic carbocycles. The van der Waals surface area contributed by atoms with Crippen molar-refractivity contribution < 1.29 is 15.1 Å². The van der Waals surface area contributed by atoms with E-state index in [0.29, 0.717) is 13.1 Å². The van der Waals surface area contributed by atoms with Gasteiger partial charge in [0.2, 0.25) is 0 Å². The second-order valence-electron chi connectivity index (χ2n) is 2.38. The van der Waals surface area contributed by atoms with Gasteiger partial charge in [0.1, 0.15) is 12.8 Å². The number of nitrogens with zero attached hydrogens (tertiary/aromatic N) is 1. The van der Waals surface area contributed by atoms with Gasteiger partial charge in [0.05, 0.1) is 0 Å². The van der Waals surface area contributed by atoms with Crippen molar-refractivity contribution in [2.24, 2.45) is 0 Å². The summed E-state index contributed by atoms with van der Waals surface area (Å²) in [7, 11) is 0. The zero-order chi connectivity index (χ0) is 9.56. The Morgan fingerprint density at radius 3 is 2.25 bits per heavy atom. The van der Waals surface area contributed by atoms with Crippen LogP contribution in [0.5, 0.6) is 0 Å². The zero-order valence-electron chi connectivity index (χ0n) is 7.45. The lowest BCUT2D eigenvalue weighted by atomic mass is 10.3. The maximum Gasteiger partial charge on any atom is 0.191 e. The third-order valence-electron chi connectivity index (χ3n) is 1.76. The number of nitrogens with one attached hydrogen (secondary N) is 1. The highest BCUT2D eigenvalue weighted by molar-refractivity contribution is 5.84. The van der Waals surface area contributed by atoms with Crippen molar-refractivity contribution in [2.45, 2.75) is 20.0 Å². The van der Waals surface area contributed by atoms with E-state index in [0.717, 1.165) is 0 Å². The standard InChI is InChI=1S/C7H16N2O3/c1-3-9(4-2)7(8-12)6(11)5-10/h7-8,10,12H,3-5H2,1-2H3. The Morgan fingerprint density at radius 1 is 1.50 bits per heavy atom. The SMILES string of the molecule is CCN(CC)C(NO)C(=O)CO. The molecule has 12 heavy (non-hydrogen) atoms. The first-order chi connectivity index (χ1) is 5.71. The summed E-state index contributed by atoms with van der Waals surface area (Å²) in [5.41, 5.74) is 1.87. The molecule has 0 saturated carbocycles. The molecule has 0 bridgehead atoms. The molecular formula is C7H16N2O3. The number of likely N-dealkylation sites (N-methyl/N-ethyl adjacent to an activating group) is 1. The first-order valence-corrected chi connectivity index (χ1v) is 3.98. The van der Waals surface area contributed by atoms with E-state index in [9.17, 15) is 4.79 Å². The van der Waals surface area contributed by atoms with E-state index in [-0.39, 0.29) is 0 Å². The van der Waals surface area contributed by atoms with Gasteiger partial charge >= 0.3 is 0 Å². The fourth-order valence-electron chi connectivity index (χ4n) is 1.03. The molecule has 0 radical (unpaired) electrons. The van der Waals surface area contributed by atoms with Crippen molar-refractivity contribution in [3.8, 4) is 0 Å². The Morgan fingerprint density at radius 2 is 2.00 bits per heavy atom. The van der Waals surface area contributed by atoms with Crippen LogP contribution in [0.1, 0.15) is 13.8 Å². The number of carbonyl (C=O) groups excluding carboxylic acids is 1. The lowest BCUT2D eigenvalue weighted by molar-refractivity contribution is -0.132. The second kappa shape index (κ2) is 6.07. The lowest BCUT2D eigenvalue weighted by Crippen LogP contribution is -2.50. The maximum atomic E-state index is 11.0. The Hall–Kier alpha value is -0.490. The normalized spacial score (nSPS) is 13.4. The summed E-state index contributed by atoms with van der Waals surface area (Å²) in [6.07, 6.45) is -0.787. The third-order valence-corrected chi connectivity index (χ3v) is 1.76. The van der Waals surface area contributed by atoms with Gasteiger partial charge in [-0.05, 0) is 13.1 Å². The average molecular weight is 176 g/mol. The van der Waals surface area contributed by atoms with Gasteiger partial charge in [-0.15, -0.1) is 0 Å². The van der Waals surface area contributed by atoms with Crippen LogP contribution in [0.2, 0.25) is 0 Å². The molecule has 0 fully saturated rings. The molecule has 5 heteroatoms. The van der Waals surface area contributed by atoms with E-state index in [1.807, 2.05) is 19.3 Å². The molecule has 72 valence electrons. The Bertz CT molecular complexity index is 137. The van der Waals surface area contributed by atoms with E-state index in [1.54, 1.807) is 4.90 Å². The minimum atomic E-state index is -0.787. The number of ketones is 1. The molecule has 0 aliphatic carbocycles. The zero-order valence-corrected chi connectivity index (χ0v) is 7.45. The highest BCUT2D eigenvalue weighted by atomic mass is 16.5. The number of Topliss-reactive ketones (excluding diaryl/α,β-unsaturated/α-hetero) is 1. The molecule has 0 aliphatic rings. The Balaban J connectivity index is 4.19. The molecular weight excluding hydrogens is 160 g/mol. The number of carbonyl (C=O) groups is 1. The molecule has 0 amide bonds. The van der Waals surface area contributed by atoms with Gasteiger partial charge < -0.3 is 10.3 Å². The third kappa shape index (κ3) is 2.86. The lowest BCUT2D eigenvalue weighted by Gasteiger charge is -2.26. The first kappa shape index (κ1) is 11.5. The highest BCUT2D eigenvalue weighted by Crippen LogP contribution is 1.95. The number of aliphatic hydroxyl groups is 1. The summed E-state index contributed by atoms with van der Waals surface area (Å²) in [5, 5.41) is 17.2. The van der Waals surface area contributed by atoms with Crippen molar-refractivity contribution in [1.29, 1.82) is 0 Å². The van der Waals surface area contributed by atoms with Crippen molar-refractivity contribution in [3.05, 3.63) is 0 Å². The smallest absolute Gasteiger partial charge is 0.191 e. The fraction of sp³-hybridized carbons (Fsp3) is 0.857. The van der Waals surface area contributed by atoms with Gasteiger partial charge in [0.25, 0.3) is 0 Å². The number of hydrogen-bond acceptors (Lipinski definition) is 5. The number of hydrogen-bond donors (Lipinski definition) is 3. The van der Waals surface area contributed by atoms with Crippen LogP contribution in [0.25, 0.3) is 0 Å². The predicted octanol–water partition coefficient (Wildman–Crippen LogP) is -0.805. The number of rotatable bonds is 6. The van der Waals surface area contributed by atoms with Crippen LogP contribution in [0.3, 0.4) is 0 Å². The number of aliphatic hydroxyl groups excluding tert-OH is 1. The maximum absolute atomic E-state index is 11.0. The molecule has 0 aliphatic heterocycles. The minimum Gasteiger partial charge on any atom is -0.388 e. The van der Waals surface area contributed by atoms with E-state index < -0.39 is 18.6 Å². The molecule has 0 spiro atoms. The summed E-state index contributed by atoms with van der Waals surface area (Å²) in [4.78, 5) is 12.7. The Labute approximate surface area is 71.9 Å². The van der Waals surface area contributed by atoms with Gasteiger partial charge in [-0.25, -0.2) is 0 Å². The van der Waals surface area contributed by atoms with Gasteiger partial charge in [0, 0.05) is 0 Å². The first-order valence-electron chi connectivity index (χ1n) is 3.98. The molecule has 1 unspecified atom stereocenters. The van der Waals surface area contributed by atoms with Gasteiger partial charge in [-0.2, -0.15) is 5.48 Å². The molecule has 1 atom stereocenters. The quantitative estimate of drug-likeness (QED) is 0.365. The van der Waals surface area contributed by atoms with Crippen molar-refractivity contribution in [2.75, 3.05) is 19.7 Å². The largest absolute Gasteiger partial charge is 0.388 e. The van der Waals surface area contributed by atoms with Crippen molar-refractivity contribution in [1.82, 2.24) is 10.4 Å². The summed E-state index contributed by atoms with van der Waals surface area (Å²) in [5.74, 6) is -0.429. The molecule has 3 N–H and O–H groups in total. The van der Waals surface area contributed by atoms with Gasteiger partial charge in [0.15, 0.2) is 5.78 Å². The fourth-order valence-corrected chi connectivity index (χ4v) is 1.03. The van der Waals surface area contributed by atoms with Crippen LogP contribution in [-0.2, 0) is 4.79 Å². The molecule has 0 saturated heterocycles. The molecule has 0 aromatic rings. The van der Waals surface area contributed by atoms with Crippen LogP contribution in [0.15, 0.2) is 0 Å². The minimum absolute atomic E-state index is 0.429. The topological polar surface area (TPSA) is 72.8 Å². The molecule has 0 rings (SSSR count). The van der Waals surface area contributed by atoms with Gasteiger partial charge in [-0.3, -0.25) is 9.69 Å². The van der Waals surface area contributed by atoms with Crippen molar-refractivity contribution >= 4 is 5.78 Å². The molecule has 0 heterocycles. The molecule has 0 aromatic heterocycles. The van der Waals surface area contributed by atoms with E-state index in [4.69, 9.17) is 10.3 Å². The highest BCUT2D eigenvalue weighted by Gasteiger charge is 2.21. The van der Waals surface area contributed by atoms with E-state index >= 15 is 0 Å². The summed E-state index contributed by atoms with van der Waals surface area (Å²) in [6, 6.07) is 0. The average Bonchev–Trinajstić information content (AvgIpc) is 2.12. The van der Waals surface area contributed by atoms with Crippen LogP contribution in [-0.4, -0.2) is 46.9 Å². The second-order valence-corrected chi connectivity index (χ2v) is 2.38. The monoisotopic (exact) mass is 176 g/mol. The van der Waals surface area contributed by atoms with Crippen LogP contribution < -0.4 is 5.48 Å². The van der Waals surface area contributed by atoms with E-state index in [2.05, 4.69) is 0 Å². The molecule has 5 nitrogen and oxygen atoms in total. The summed E-state index contributed by atoms with van der Waals surface area (Å²) in [6.45, 7) is 4.46. The van der Waals surface area contributed by atoms with Crippen LogP contribution in [0, 0.1) is 0 Å². The Kier molecular flexibility index (Phi) is 5.83. The summed E-state index contributed by atoms with van der Waals surface area (Å²) >= 11 is 0. The summed E-state index contributed by atoms with van der Waals surface area (Å²) < 4.78 is 0. The number of hydroxylamine groups is 1. The van der Waals surface area contributed by atoms with E-state index in [1.165, 1.54) is 0 Å².